The summed E-state index contributed by atoms with van der Waals surface area (Å²) >= 11 is 0. The molecule has 3 aromatic carbocycles. The molecule has 41 heavy (non-hydrogen) atoms. The first-order valence-corrected chi connectivity index (χ1v) is 14.1. The minimum absolute atomic E-state index is 0.0937. The highest BCUT2D eigenvalue weighted by Gasteiger charge is 2.25. The van der Waals surface area contributed by atoms with Gasteiger partial charge in [0.2, 0.25) is 0 Å². The van der Waals surface area contributed by atoms with Gasteiger partial charge in [-0.1, -0.05) is 17.7 Å². The van der Waals surface area contributed by atoms with Crippen LogP contribution in [-0.4, -0.2) is 74.0 Å². The number of hydrogen-bond donors (Lipinski definition) is 2. The average molecular weight is 558 g/mol. The molecule has 1 fully saturated rings. The number of ether oxygens (including phenoxy) is 1. The summed E-state index contributed by atoms with van der Waals surface area (Å²) in [7, 11) is 1.58. The molecule has 0 aromatic heterocycles. The molecule has 0 aliphatic carbocycles. The van der Waals surface area contributed by atoms with E-state index in [1.807, 2.05) is 62.1 Å². The summed E-state index contributed by atoms with van der Waals surface area (Å²) in [6.45, 7) is 9.47. The molecule has 0 atom stereocenters. The Bertz CT molecular complexity index is 1350. The highest BCUT2D eigenvalue weighted by molar-refractivity contribution is 6.06. The van der Waals surface area contributed by atoms with Crippen LogP contribution in [0.25, 0.3) is 0 Å². The van der Waals surface area contributed by atoms with Crippen molar-refractivity contribution in [2.75, 3.05) is 61.9 Å². The lowest BCUT2D eigenvalue weighted by Gasteiger charge is -2.28. The molecule has 4 rings (SSSR count). The Morgan fingerprint density at radius 2 is 1.51 bits per heavy atom. The molecule has 3 aromatic rings. The number of nitrogens with zero attached hydrogens (tertiary/aromatic N) is 3. The van der Waals surface area contributed by atoms with Gasteiger partial charge in [0.05, 0.1) is 12.7 Å². The summed E-state index contributed by atoms with van der Waals surface area (Å²) in [5.74, 6) is 0.303. The molecule has 9 heteroatoms. The largest absolute Gasteiger partial charge is 0.497 e. The molecular weight excluding hydrogens is 518 g/mol. The monoisotopic (exact) mass is 557 g/mol. The van der Waals surface area contributed by atoms with E-state index in [1.165, 1.54) is 0 Å². The molecule has 1 heterocycles. The third-order valence-electron chi connectivity index (χ3n) is 7.31. The van der Waals surface area contributed by atoms with Crippen molar-refractivity contribution >= 4 is 34.9 Å². The van der Waals surface area contributed by atoms with E-state index in [0.29, 0.717) is 61.8 Å². The van der Waals surface area contributed by atoms with E-state index in [0.717, 1.165) is 23.4 Å². The molecule has 0 saturated carbocycles. The van der Waals surface area contributed by atoms with Gasteiger partial charge in [-0.15, -0.1) is 0 Å². The summed E-state index contributed by atoms with van der Waals surface area (Å²) in [6, 6.07) is 19.9. The number of anilines is 3. The van der Waals surface area contributed by atoms with Crippen LogP contribution in [0.1, 0.15) is 46.5 Å². The second kappa shape index (κ2) is 13.7. The van der Waals surface area contributed by atoms with Crippen molar-refractivity contribution in [2.45, 2.75) is 27.2 Å². The zero-order valence-corrected chi connectivity index (χ0v) is 24.3. The predicted octanol–water partition coefficient (Wildman–Crippen LogP) is 5.48. The maximum absolute atomic E-state index is 13.6. The number of benzene rings is 3. The zero-order valence-electron chi connectivity index (χ0n) is 24.3. The van der Waals surface area contributed by atoms with Gasteiger partial charge in [-0.25, -0.2) is 4.79 Å². The van der Waals surface area contributed by atoms with E-state index in [4.69, 9.17) is 4.74 Å². The van der Waals surface area contributed by atoms with Gasteiger partial charge < -0.3 is 30.1 Å². The molecule has 1 saturated heterocycles. The number of nitrogens with one attached hydrogen (secondary N) is 2. The number of aryl methyl sites for hydroxylation is 1. The van der Waals surface area contributed by atoms with Gasteiger partial charge in [-0.2, -0.15) is 0 Å². The van der Waals surface area contributed by atoms with Crippen LogP contribution in [0.15, 0.2) is 66.7 Å². The number of methoxy groups -OCH3 is 1. The summed E-state index contributed by atoms with van der Waals surface area (Å²) in [4.78, 5) is 45.3. The lowest BCUT2D eigenvalue weighted by molar-refractivity contribution is 0.0773. The molecule has 9 nitrogen and oxygen atoms in total. The van der Waals surface area contributed by atoms with Crippen LogP contribution < -0.4 is 20.3 Å². The van der Waals surface area contributed by atoms with E-state index < -0.39 is 0 Å². The van der Waals surface area contributed by atoms with Gasteiger partial charge in [-0.05, 0) is 81.8 Å². The van der Waals surface area contributed by atoms with Crippen molar-refractivity contribution in [1.82, 2.24) is 9.80 Å². The Balaban J connectivity index is 1.52. The van der Waals surface area contributed by atoms with Gasteiger partial charge in [0.15, 0.2) is 0 Å². The van der Waals surface area contributed by atoms with Gasteiger partial charge >= 0.3 is 6.03 Å². The van der Waals surface area contributed by atoms with Crippen LogP contribution >= 0.6 is 0 Å². The molecule has 1 aliphatic heterocycles. The van der Waals surface area contributed by atoms with E-state index >= 15 is 0 Å². The number of hydrogen-bond acceptors (Lipinski definition) is 5. The fourth-order valence-electron chi connectivity index (χ4n) is 4.89. The molecule has 1 aliphatic rings. The minimum atomic E-state index is -0.272. The minimum Gasteiger partial charge on any atom is -0.497 e. The van der Waals surface area contributed by atoms with Crippen molar-refractivity contribution < 1.29 is 19.1 Å². The summed E-state index contributed by atoms with van der Waals surface area (Å²) in [5.41, 5.74) is 4.25. The highest BCUT2D eigenvalue weighted by Crippen LogP contribution is 2.28. The number of carbonyl (C=O) groups excluding carboxylic acids is 3. The van der Waals surface area contributed by atoms with Gasteiger partial charge in [0.1, 0.15) is 5.75 Å². The lowest BCUT2D eigenvalue weighted by Crippen LogP contribution is -2.38. The predicted molar refractivity (Wildman–Crippen MR) is 163 cm³/mol. The van der Waals surface area contributed by atoms with Crippen molar-refractivity contribution in [3.05, 3.63) is 83.4 Å². The zero-order chi connectivity index (χ0) is 29.4. The van der Waals surface area contributed by atoms with Gasteiger partial charge in [0, 0.05) is 61.9 Å². The quantitative estimate of drug-likeness (QED) is 0.383. The first kappa shape index (κ1) is 29.5. The Hall–Kier alpha value is -4.53. The van der Waals surface area contributed by atoms with E-state index in [9.17, 15) is 14.4 Å². The van der Waals surface area contributed by atoms with E-state index in [1.54, 1.807) is 42.3 Å². The highest BCUT2D eigenvalue weighted by atomic mass is 16.5. The molecule has 4 amide bonds. The first-order chi connectivity index (χ1) is 19.8. The van der Waals surface area contributed by atoms with Crippen LogP contribution in [0.3, 0.4) is 0 Å². The maximum atomic E-state index is 13.6. The molecule has 0 unspecified atom stereocenters. The fourth-order valence-corrected chi connectivity index (χ4v) is 4.89. The van der Waals surface area contributed by atoms with Crippen molar-refractivity contribution in [1.29, 1.82) is 0 Å². The first-order valence-electron chi connectivity index (χ1n) is 14.1. The Kier molecular flexibility index (Phi) is 9.84. The molecule has 2 N–H and O–H groups in total. The summed E-state index contributed by atoms with van der Waals surface area (Å²) in [5, 5.41) is 5.91. The Morgan fingerprint density at radius 1 is 0.829 bits per heavy atom. The van der Waals surface area contributed by atoms with Crippen LogP contribution in [0.4, 0.5) is 21.9 Å². The van der Waals surface area contributed by atoms with Gasteiger partial charge in [-0.3, -0.25) is 9.59 Å². The normalized spacial score (nSPS) is 13.3. The van der Waals surface area contributed by atoms with Crippen LogP contribution in [0, 0.1) is 6.92 Å². The lowest BCUT2D eigenvalue weighted by atomic mass is 10.1. The van der Waals surface area contributed by atoms with Crippen LogP contribution in [0.5, 0.6) is 5.75 Å². The topological polar surface area (TPSA) is 94.2 Å². The third-order valence-corrected chi connectivity index (χ3v) is 7.31. The van der Waals surface area contributed by atoms with E-state index in [2.05, 4.69) is 15.5 Å². The van der Waals surface area contributed by atoms with Crippen molar-refractivity contribution in [3.63, 3.8) is 0 Å². The number of rotatable bonds is 8. The number of carbonyl (C=O) groups is 3. The maximum Gasteiger partial charge on any atom is 0.321 e. The molecular formula is C32H39N5O4. The summed E-state index contributed by atoms with van der Waals surface area (Å²) < 4.78 is 5.18. The molecule has 216 valence electrons. The average Bonchev–Trinajstić information content (AvgIpc) is 3.25. The van der Waals surface area contributed by atoms with Crippen molar-refractivity contribution in [2.24, 2.45) is 0 Å². The second-order valence-electron chi connectivity index (χ2n) is 10.0. The SMILES string of the molecule is CCN(CC)C(=O)c1cc(NC(=O)c2ccc(OC)cc2)ccc1N1CCCN(C(=O)Nc2ccc(C)cc2)CC1. The molecule has 0 spiro atoms. The van der Waals surface area contributed by atoms with Crippen LogP contribution in [0.2, 0.25) is 0 Å². The van der Waals surface area contributed by atoms with Crippen LogP contribution in [-0.2, 0) is 0 Å². The Morgan fingerprint density at radius 3 is 2.17 bits per heavy atom. The third kappa shape index (κ3) is 7.36. The summed E-state index contributed by atoms with van der Waals surface area (Å²) in [6.07, 6.45) is 0.760. The molecule has 0 radical (unpaired) electrons. The fraction of sp³-hybridized carbons (Fsp3) is 0.344. The Labute approximate surface area is 242 Å². The van der Waals surface area contributed by atoms with Crippen molar-refractivity contribution in [3.8, 4) is 5.75 Å². The number of urea groups is 1. The van der Waals surface area contributed by atoms with Gasteiger partial charge in [0.25, 0.3) is 11.8 Å². The number of amides is 4. The molecule has 0 bridgehead atoms. The van der Waals surface area contributed by atoms with E-state index in [-0.39, 0.29) is 17.8 Å². The second-order valence-corrected chi connectivity index (χ2v) is 10.0. The smallest absolute Gasteiger partial charge is 0.321 e. The standard InChI is InChI=1S/C32H39N5O4/c1-5-35(6-2)31(39)28-22-26(33-30(38)24-10-15-27(41-4)16-11-24)14-17-29(28)36-18-7-19-37(21-20-36)32(40)34-25-12-8-23(3)9-13-25/h8-17,22H,5-7,18-21H2,1-4H3,(H,33,38)(H,34,40).